The van der Waals surface area contributed by atoms with Crippen LogP contribution in [0.2, 0.25) is 0 Å². The lowest BCUT2D eigenvalue weighted by molar-refractivity contribution is 0.814. The number of nitrogens with zero attached hydrogens (tertiary/aromatic N) is 3. The molecule has 17 heavy (non-hydrogen) atoms. The van der Waals surface area contributed by atoms with Crippen LogP contribution in [0.1, 0.15) is 31.0 Å². The summed E-state index contributed by atoms with van der Waals surface area (Å²) in [5.41, 5.74) is 7.56. The average molecular weight is 230 g/mol. The van der Waals surface area contributed by atoms with Crippen LogP contribution in [0.3, 0.4) is 0 Å². The summed E-state index contributed by atoms with van der Waals surface area (Å²) in [6.07, 6.45) is 5.09. The fourth-order valence-corrected chi connectivity index (χ4v) is 1.12. The van der Waals surface area contributed by atoms with Gasteiger partial charge in [-0.25, -0.2) is 15.0 Å². The van der Waals surface area contributed by atoms with E-state index in [2.05, 4.69) is 28.8 Å². The summed E-state index contributed by atoms with van der Waals surface area (Å²) < 4.78 is 0. The van der Waals surface area contributed by atoms with E-state index in [4.69, 9.17) is 5.73 Å². The van der Waals surface area contributed by atoms with E-state index in [9.17, 15) is 0 Å². The zero-order chi connectivity index (χ0) is 12.7. The molecule has 2 aromatic heterocycles. The largest absolute Gasteiger partial charge is 0.384 e. The molecule has 0 bridgehead atoms. The lowest BCUT2D eigenvalue weighted by atomic mass is 10.1. The van der Waals surface area contributed by atoms with Crippen molar-refractivity contribution in [1.29, 1.82) is 0 Å². The Balaban J connectivity index is 0.000000171. The van der Waals surface area contributed by atoms with Gasteiger partial charge in [0.15, 0.2) is 0 Å². The van der Waals surface area contributed by atoms with Crippen LogP contribution in [0.15, 0.2) is 36.9 Å². The highest BCUT2D eigenvalue weighted by atomic mass is 14.8. The highest BCUT2D eigenvalue weighted by Gasteiger charge is 1.95. The summed E-state index contributed by atoms with van der Waals surface area (Å²) >= 11 is 0. The van der Waals surface area contributed by atoms with Gasteiger partial charge in [-0.3, -0.25) is 0 Å². The van der Waals surface area contributed by atoms with Crippen LogP contribution >= 0.6 is 0 Å². The van der Waals surface area contributed by atoms with Crippen molar-refractivity contribution in [2.75, 3.05) is 5.73 Å². The van der Waals surface area contributed by atoms with Gasteiger partial charge in [-0.1, -0.05) is 19.9 Å². The Bertz CT molecular complexity index is 402. The Morgan fingerprint density at radius 1 is 1.12 bits per heavy atom. The standard InChI is InChI=1S/C7H10N2.C6H8N2/c1-6(2)7-3-4-8-5-9-7;1-5-2-3-6(7)8-4-5/h3-6H,1-2H3;2-4H,1H3,(H2,7,8). The maximum Gasteiger partial charge on any atom is 0.123 e. The molecule has 0 radical (unpaired) electrons. The predicted octanol–water partition coefficient (Wildman–Crippen LogP) is 2.57. The first-order valence-electron chi connectivity index (χ1n) is 5.53. The van der Waals surface area contributed by atoms with E-state index < -0.39 is 0 Å². The molecular weight excluding hydrogens is 212 g/mol. The van der Waals surface area contributed by atoms with Gasteiger partial charge in [0.25, 0.3) is 0 Å². The number of nitrogens with two attached hydrogens (primary N) is 1. The van der Waals surface area contributed by atoms with Crippen LogP contribution in [-0.4, -0.2) is 15.0 Å². The molecule has 2 aromatic rings. The normalized spacial score (nSPS) is 9.65. The Labute approximate surface area is 102 Å². The maximum atomic E-state index is 5.32. The van der Waals surface area contributed by atoms with E-state index in [0.29, 0.717) is 11.7 Å². The van der Waals surface area contributed by atoms with Gasteiger partial charge in [-0.15, -0.1) is 0 Å². The number of aryl methyl sites for hydroxylation is 1. The predicted molar refractivity (Wildman–Crippen MR) is 69.5 cm³/mol. The Morgan fingerprint density at radius 3 is 2.24 bits per heavy atom. The van der Waals surface area contributed by atoms with Crippen LogP contribution in [0.5, 0.6) is 0 Å². The molecule has 0 unspecified atom stereocenters. The zero-order valence-corrected chi connectivity index (χ0v) is 10.5. The molecule has 0 amide bonds. The van der Waals surface area contributed by atoms with Crippen LogP contribution < -0.4 is 5.73 Å². The number of pyridine rings is 1. The fraction of sp³-hybridized carbons (Fsp3) is 0.308. The zero-order valence-electron chi connectivity index (χ0n) is 10.5. The number of hydrogen-bond donors (Lipinski definition) is 1. The van der Waals surface area contributed by atoms with Crippen LogP contribution in [0.4, 0.5) is 5.82 Å². The molecule has 4 heteroatoms. The Hall–Kier alpha value is -1.97. The molecular formula is C13H18N4. The van der Waals surface area contributed by atoms with Crippen LogP contribution in [0, 0.1) is 6.92 Å². The van der Waals surface area contributed by atoms with Gasteiger partial charge in [0, 0.05) is 18.1 Å². The lowest BCUT2D eigenvalue weighted by Gasteiger charge is -1.99. The van der Waals surface area contributed by atoms with E-state index in [1.807, 2.05) is 19.1 Å². The molecule has 0 saturated carbocycles. The topological polar surface area (TPSA) is 64.7 Å². The molecule has 2 heterocycles. The third kappa shape index (κ3) is 5.06. The molecule has 4 nitrogen and oxygen atoms in total. The Morgan fingerprint density at radius 2 is 1.88 bits per heavy atom. The minimum absolute atomic E-state index is 0.507. The summed E-state index contributed by atoms with van der Waals surface area (Å²) in [5, 5.41) is 0. The van der Waals surface area contributed by atoms with E-state index in [0.717, 1.165) is 11.3 Å². The summed E-state index contributed by atoms with van der Waals surface area (Å²) in [5.74, 6) is 1.09. The molecule has 0 aliphatic rings. The smallest absolute Gasteiger partial charge is 0.123 e. The average Bonchev–Trinajstić information content (AvgIpc) is 2.35. The first-order valence-corrected chi connectivity index (χ1v) is 5.53. The molecule has 0 atom stereocenters. The fourth-order valence-electron chi connectivity index (χ4n) is 1.12. The number of aromatic nitrogens is 3. The summed E-state index contributed by atoms with van der Waals surface area (Å²) in [6, 6.07) is 5.66. The van der Waals surface area contributed by atoms with Crippen molar-refractivity contribution in [2.24, 2.45) is 0 Å². The van der Waals surface area contributed by atoms with E-state index >= 15 is 0 Å². The molecule has 0 fully saturated rings. The summed E-state index contributed by atoms with van der Waals surface area (Å²) in [6.45, 7) is 6.21. The van der Waals surface area contributed by atoms with Crippen molar-refractivity contribution in [3.8, 4) is 0 Å². The molecule has 0 aliphatic heterocycles. The highest BCUT2D eigenvalue weighted by Crippen LogP contribution is 2.07. The second-order valence-corrected chi connectivity index (χ2v) is 4.05. The van der Waals surface area contributed by atoms with Crippen molar-refractivity contribution < 1.29 is 0 Å². The van der Waals surface area contributed by atoms with E-state index in [1.165, 1.54) is 0 Å². The van der Waals surface area contributed by atoms with Crippen LogP contribution in [0.25, 0.3) is 0 Å². The SMILES string of the molecule is CC(C)c1ccncn1.Cc1ccc(N)nc1. The van der Waals surface area contributed by atoms with Crippen molar-refractivity contribution in [2.45, 2.75) is 26.7 Å². The van der Waals surface area contributed by atoms with Crippen molar-refractivity contribution in [1.82, 2.24) is 15.0 Å². The minimum atomic E-state index is 0.507. The van der Waals surface area contributed by atoms with Gasteiger partial charge in [-0.05, 0) is 30.5 Å². The third-order valence-corrected chi connectivity index (χ3v) is 2.13. The lowest BCUT2D eigenvalue weighted by Crippen LogP contribution is -1.90. The van der Waals surface area contributed by atoms with Crippen molar-refractivity contribution in [3.05, 3.63) is 48.2 Å². The molecule has 0 aliphatic carbocycles. The van der Waals surface area contributed by atoms with Gasteiger partial charge in [0.05, 0.1) is 0 Å². The van der Waals surface area contributed by atoms with Crippen LogP contribution in [-0.2, 0) is 0 Å². The molecule has 0 spiro atoms. The van der Waals surface area contributed by atoms with Gasteiger partial charge in [0.2, 0.25) is 0 Å². The number of anilines is 1. The second-order valence-electron chi connectivity index (χ2n) is 4.05. The van der Waals surface area contributed by atoms with Gasteiger partial charge in [0.1, 0.15) is 12.1 Å². The molecule has 0 saturated heterocycles. The quantitative estimate of drug-likeness (QED) is 0.817. The van der Waals surface area contributed by atoms with E-state index in [-0.39, 0.29) is 0 Å². The number of rotatable bonds is 1. The summed E-state index contributed by atoms with van der Waals surface area (Å²) in [4.78, 5) is 11.7. The first kappa shape index (κ1) is 13.1. The second kappa shape index (κ2) is 6.58. The highest BCUT2D eigenvalue weighted by molar-refractivity contribution is 5.28. The third-order valence-electron chi connectivity index (χ3n) is 2.13. The van der Waals surface area contributed by atoms with Gasteiger partial charge < -0.3 is 5.73 Å². The van der Waals surface area contributed by atoms with E-state index in [1.54, 1.807) is 24.8 Å². The molecule has 90 valence electrons. The maximum absolute atomic E-state index is 5.32. The molecule has 0 aromatic carbocycles. The molecule has 2 rings (SSSR count). The number of nitrogen functional groups attached to an aromatic ring is 1. The number of hydrogen-bond acceptors (Lipinski definition) is 4. The summed E-state index contributed by atoms with van der Waals surface area (Å²) in [7, 11) is 0. The van der Waals surface area contributed by atoms with Crippen molar-refractivity contribution in [3.63, 3.8) is 0 Å². The van der Waals surface area contributed by atoms with Gasteiger partial charge in [-0.2, -0.15) is 0 Å². The molecule has 2 N–H and O–H groups in total. The van der Waals surface area contributed by atoms with Gasteiger partial charge >= 0.3 is 0 Å². The minimum Gasteiger partial charge on any atom is -0.384 e. The monoisotopic (exact) mass is 230 g/mol. The van der Waals surface area contributed by atoms with Crippen molar-refractivity contribution >= 4 is 5.82 Å². The Kier molecular flexibility index (Phi) is 5.07. The first-order chi connectivity index (χ1) is 8.09.